The monoisotopic (exact) mass is 359 g/mol. The van der Waals surface area contributed by atoms with Crippen LogP contribution in [0, 0.1) is 0 Å². The summed E-state index contributed by atoms with van der Waals surface area (Å²) in [6.45, 7) is -0.538. The molecule has 0 saturated carbocycles. The van der Waals surface area contributed by atoms with Crippen molar-refractivity contribution in [3.8, 4) is 11.5 Å². The van der Waals surface area contributed by atoms with Gasteiger partial charge in [-0.3, -0.25) is 4.79 Å². The molecule has 0 radical (unpaired) electrons. The molecule has 0 fully saturated rings. The van der Waals surface area contributed by atoms with Crippen LogP contribution in [0.1, 0.15) is 15.9 Å². The maximum atomic E-state index is 13.0. The first-order valence-electron chi connectivity index (χ1n) is 7.85. The SMILES string of the molecule is CNC(=O)OCC(O)(C(=O)c1ccc(OC)cc1)c1ccc(OC)cc1. The molecule has 2 aromatic rings. The van der Waals surface area contributed by atoms with Crippen LogP contribution in [0.2, 0.25) is 0 Å². The van der Waals surface area contributed by atoms with Crippen molar-refractivity contribution in [2.24, 2.45) is 0 Å². The molecule has 2 rings (SSSR count). The van der Waals surface area contributed by atoms with E-state index >= 15 is 0 Å². The third-order valence-corrected chi connectivity index (χ3v) is 3.91. The third kappa shape index (κ3) is 4.12. The van der Waals surface area contributed by atoms with E-state index in [9.17, 15) is 14.7 Å². The van der Waals surface area contributed by atoms with Gasteiger partial charge in [0.1, 0.15) is 18.1 Å². The lowest BCUT2D eigenvalue weighted by Crippen LogP contribution is -2.42. The van der Waals surface area contributed by atoms with E-state index < -0.39 is 24.1 Å². The number of hydrogen-bond acceptors (Lipinski definition) is 6. The van der Waals surface area contributed by atoms with Gasteiger partial charge in [-0.25, -0.2) is 4.79 Å². The Morgan fingerprint density at radius 3 is 1.92 bits per heavy atom. The minimum Gasteiger partial charge on any atom is -0.497 e. The molecule has 1 unspecified atom stereocenters. The first-order chi connectivity index (χ1) is 12.4. The number of alkyl carbamates (subject to hydrolysis) is 1. The Hall–Kier alpha value is -3.06. The van der Waals surface area contributed by atoms with Crippen LogP contribution in [-0.2, 0) is 10.3 Å². The van der Waals surface area contributed by atoms with Gasteiger partial charge < -0.3 is 24.6 Å². The van der Waals surface area contributed by atoms with Crippen molar-refractivity contribution in [2.75, 3.05) is 27.9 Å². The maximum Gasteiger partial charge on any atom is 0.406 e. The molecule has 7 nitrogen and oxygen atoms in total. The average Bonchev–Trinajstić information content (AvgIpc) is 2.71. The average molecular weight is 359 g/mol. The van der Waals surface area contributed by atoms with E-state index in [1.54, 1.807) is 36.4 Å². The Kier molecular flexibility index (Phi) is 6.19. The molecule has 1 atom stereocenters. The van der Waals surface area contributed by atoms with Gasteiger partial charge in [0.15, 0.2) is 5.60 Å². The highest BCUT2D eigenvalue weighted by molar-refractivity contribution is 6.03. The Labute approximate surface area is 151 Å². The van der Waals surface area contributed by atoms with Gasteiger partial charge in [0.05, 0.1) is 14.2 Å². The largest absolute Gasteiger partial charge is 0.497 e. The van der Waals surface area contributed by atoms with E-state index in [2.05, 4.69) is 5.32 Å². The van der Waals surface area contributed by atoms with Gasteiger partial charge >= 0.3 is 6.09 Å². The second kappa shape index (κ2) is 8.35. The van der Waals surface area contributed by atoms with Crippen molar-refractivity contribution in [3.05, 3.63) is 59.7 Å². The molecule has 138 valence electrons. The van der Waals surface area contributed by atoms with Crippen LogP contribution in [-0.4, -0.2) is 44.9 Å². The van der Waals surface area contributed by atoms with Gasteiger partial charge in [-0.05, 0) is 42.0 Å². The number of methoxy groups -OCH3 is 2. The van der Waals surface area contributed by atoms with E-state index in [0.29, 0.717) is 11.5 Å². The third-order valence-electron chi connectivity index (χ3n) is 3.91. The summed E-state index contributed by atoms with van der Waals surface area (Å²) < 4.78 is 15.1. The van der Waals surface area contributed by atoms with E-state index in [1.807, 2.05) is 0 Å². The first kappa shape index (κ1) is 19.3. The summed E-state index contributed by atoms with van der Waals surface area (Å²) in [5.41, 5.74) is -1.51. The van der Waals surface area contributed by atoms with Crippen LogP contribution in [0.3, 0.4) is 0 Å². The van der Waals surface area contributed by atoms with Crippen molar-refractivity contribution in [1.82, 2.24) is 5.32 Å². The molecule has 0 aliphatic heterocycles. The molecule has 1 amide bonds. The zero-order chi connectivity index (χ0) is 19.2. The lowest BCUT2D eigenvalue weighted by Gasteiger charge is -2.27. The lowest BCUT2D eigenvalue weighted by molar-refractivity contribution is -0.0100. The number of Topliss-reactive ketones (excluding diaryl/α,β-unsaturated/α-hetero) is 1. The van der Waals surface area contributed by atoms with Crippen LogP contribution < -0.4 is 14.8 Å². The number of carbonyl (C=O) groups excluding carboxylic acids is 2. The minimum atomic E-state index is -2.05. The van der Waals surface area contributed by atoms with Crippen LogP contribution in [0.4, 0.5) is 4.79 Å². The predicted molar refractivity (Wildman–Crippen MR) is 94.6 cm³/mol. The fourth-order valence-electron chi connectivity index (χ4n) is 2.37. The van der Waals surface area contributed by atoms with Crippen LogP contribution >= 0.6 is 0 Å². The molecular weight excluding hydrogens is 338 g/mol. The number of benzene rings is 2. The molecule has 26 heavy (non-hydrogen) atoms. The van der Waals surface area contributed by atoms with Crippen molar-refractivity contribution < 1.29 is 28.9 Å². The smallest absolute Gasteiger partial charge is 0.406 e. The highest BCUT2D eigenvalue weighted by Crippen LogP contribution is 2.29. The summed E-state index contributed by atoms with van der Waals surface area (Å²) in [7, 11) is 4.42. The number of carbonyl (C=O) groups is 2. The Morgan fingerprint density at radius 1 is 0.962 bits per heavy atom. The Morgan fingerprint density at radius 2 is 1.46 bits per heavy atom. The van der Waals surface area contributed by atoms with E-state index in [1.165, 1.54) is 33.4 Å². The molecule has 2 N–H and O–H groups in total. The summed E-state index contributed by atoms with van der Waals surface area (Å²) >= 11 is 0. The Balaban J connectivity index is 2.39. The zero-order valence-corrected chi connectivity index (χ0v) is 14.8. The number of rotatable bonds is 7. The summed E-state index contributed by atoms with van der Waals surface area (Å²) in [4.78, 5) is 24.4. The molecule has 0 aliphatic rings. The quantitative estimate of drug-likeness (QED) is 0.736. The molecule has 0 saturated heterocycles. The van der Waals surface area contributed by atoms with Gasteiger partial charge in [-0.2, -0.15) is 0 Å². The number of nitrogens with one attached hydrogen (secondary N) is 1. The number of hydrogen-bond donors (Lipinski definition) is 2. The number of amides is 1. The first-order valence-corrected chi connectivity index (χ1v) is 7.85. The van der Waals surface area contributed by atoms with Crippen LogP contribution in [0.25, 0.3) is 0 Å². The van der Waals surface area contributed by atoms with Gasteiger partial charge in [-0.1, -0.05) is 12.1 Å². The molecule has 0 spiro atoms. The standard InChI is InChI=1S/C19H21NO6/c1-20-18(22)26-12-19(23,14-6-10-16(25-3)11-7-14)17(21)13-4-8-15(24-2)9-5-13/h4-11,23H,12H2,1-3H3,(H,20,22). The van der Waals surface area contributed by atoms with Crippen LogP contribution in [0.15, 0.2) is 48.5 Å². The van der Waals surface area contributed by atoms with Crippen molar-refractivity contribution in [2.45, 2.75) is 5.60 Å². The number of ketones is 1. The van der Waals surface area contributed by atoms with Crippen molar-refractivity contribution >= 4 is 11.9 Å². The fourth-order valence-corrected chi connectivity index (χ4v) is 2.37. The van der Waals surface area contributed by atoms with Gasteiger partial charge in [-0.15, -0.1) is 0 Å². The Bertz CT molecular complexity index is 757. The molecule has 7 heteroatoms. The molecule has 0 aliphatic carbocycles. The highest BCUT2D eigenvalue weighted by Gasteiger charge is 2.40. The number of aliphatic hydroxyl groups is 1. The molecular formula is C19H21NO6. The molecule has 0 aromatic heterocycles. The van der Waals surface area contributed by atoms with Gasteiger partial charge in [0.25, 0.3) is 0 Å². The second-order valence-corrected chi connectivity index (χ2v) is 5.47. The van der Waals surface area contributed by atoms with Gasteiger partial charge in [0.2, 0.25) is 5.78 Å². The molecule has 2 aromatic carbocycles. The van der Waals surface area contributed by atoms with Crippen LogP contribution in [0.5, 0.6) is 11.5 Å². The zero-order valence-electron chi connectivity index (χ0n) is 14.8. The topological polar surface area (TPSA) is 94.1 Å². The predicted octanol–water partition coefficient (Wildman–Crippen LogP) is 2.13. The summed E-state index contributed by atoms with van der Waals surface area (Å²) in [5, 5.41) is 13.4. The van der Waals surface area contributed by atoms with E-state index in [-0.39, 0.29) is 11.1 Å². The normalized spacial score (nSPS) is 12.6. The minimum absolute atomic E-state index is 0.254. The summed E-state index contributed by atoms with van der Waals surface area (Å²) in [6.07, 6.45) is -0.750. The number of ether oxygens (including phenoxy) is 3. The van der Waals surface area contributed by atoms with E-state index in [0.717, 1.165) is 0 Å². The summed E-state index contributed by atoms with van der Waals surface area (Å²) in [5.74, 6) is 0.547. The maximum absolute atomic E-state index is 13.0. The summed E-state index contributed by atoms with van der Waals surface area (Å²) in [6, 6.07) is 12.6. The fraction of sp³-hybridized carbons (Fsp3) is 0.263. The molecule has 0 heterocycles. The second-order valence-electron chi connectivity index (χ2n) is 5.47. The lowest BCUT2D eigenvalue weighted by atomic mass is 9.86. The highest BCUT2D eigenvalue weighted by atomic mass is 16.6. The van der Waals surface area contributed by atoms with Crippen molar-refractivity contribution in [1.29, 1.82) is 0 Å². The van der Waals surface area contributed by atoms with Crippen molar-refractivity contribution in [3.63, 3.8) is 0 Å². The van der Waals surface area contributed by atoms with E-state index in [4.69, 9.17) is 14.2 Å². The molecule has 0 bridgehead atoms. The van der Waals surface area contributed by atoms with Gasteiger partial charge in [0, 0.05) is 12.6 Å².